The molecule has 0 heterocycles. The lowest BCUT2D eigenvalue weighted by molar-refractivity contribution is -0.118. The van der Waals surface area contributed by atoms with E-state index in [2.05, 4.69) is 10.0 Å². The number of sulfonamides is 1. The van der Waals surface area contributed by atoms with Gasteiger partial charge in [-0.25, -0.2) is 8.42 Å². The fourth-order valence-corrected chi connectivity index (χ4v) is 2.95. The highest BCUT2D eigenvalue weighted by Crippen LogP contribution is 2.17. The molecule has 0 radical (unpaired) electrons. The highest BCUT2D eigenvalue weighted by atomic mass is 32.2. The Morgan fingerprint density at radius 2 is 1.94 bits per heavy atom. The molecule has 1 fully saturated rings. The predicted molar refractivity (Wildman–Crippen MR) is 62.5 cm³/mol. The molecule has 0 atom stereocenters. The summed E-state index contributed by atoms with van der Waals surface area (Å²) in [7, 11) is -3.42. The Morgan fingerprint density at radius 1 is 1.31 bits per heavy atom. The molecule has 94 valence electrons. The molecule has 1 aliphatic carbocycles. The summed E-state index contributed by atoms with van der Waals surface area (Å²) in [5.74, 6) is -0.456. The Hall–Kier alpha value is -0.620. The van der Waals surface area contributed by atoms with Crippen LogP contribution in [0.3, 0.4) is 0 Å². The van der Waals surface area contributed by atoms with E-state index in [0.717, 1.165) is 12.8 Å². The van der Waals surface area contributed by atoms with Gasteiger partial charge in [0.15, 0.2) is 0 Å². The van der Waals surface area contributed by atoms with Crippen LogP contribution in [0, 0.1) is 0 Å². The maximum Gasteiger partial charge on any atom is 0.247 e. The first-order chi connectivity index (χ1) is 7.53. The summed E-state index contributed by atoms with van der Waals surface area (Å²) in [6.07, 6.45) is 5.05. The summed E-state index contributed by atoms with van der Waals surface area (Å²) in [6.45, 7) is 1.86. The van der Waals surface area contributed by atoms with Crippen molar-refractivity contribution in [1.82, 2.24) is 10.0 Å². The number of nitrogens with one attached hydrogen (secondary N) is 2. The van der Waals surface area contributed by atoms with Gasteiger partial charge < -0.3 is 5.32 Å². The van der Waals surface area contributed by atoms with E-state index >= 15 is 0 Å². The summed E-state index contributed by atoms with van der Waals surface area (Å²) in [4.78, 5) is 11.3. The van der Waals surface area contributed by atoms with Gasteiger partial charge in [0, 0.05) is 6.04 Å². The van der Waals surface area contributed by atoms with Crippen LogP contribution in [0.15, 0.2) is 0 Å². The lowest BCUT2D eigenvalue weighted by Crippen LogP contribution is -2.41. The number of rotatable bonds is 6. The van der Waals surface area contributed by atoms with Crippen molar-refractivity contribution in [3.05, 3.63) is 0 Å². The van der Waals surface area contributed by atoms with E-state index in [1.165, 1.54) is 12.8 Å². The second kappa shape index (κ2) is 6.20. The molecule has 6 heteroatoms. The van der Waals surface area contributed by atoms with Crippen molar-refractivity contribution in [3.63, 3.8) is 0 Å². The fraction of sp³-hybridized carbons (Fsp3) is 0.900. The number of carbonyl (C=O) groups excluding carboxylic acids is 1. The molecule has 5 nitrogen and oxygen atoms in total. The van der Waals surface area contributed by atoms with Crippen LogP contribution in [0.25, 0.3) is 0 Å². The maximum atomic E-state index is 11.3. The molecule has 0 aromatic heterocycles. The lowest BCUT2D eigenvalue weighted by Gasteiger charge is -2.11. The van der Waals surface area contributed by atoms with Gasteiger partial charge in [-0.2, -0.15) is 0 Å². The number of hydrogen-bond donors (Lipinski definition) is 2. The van der Waals surface area contributed by atoms with Crippen molar-refractivity contribution in [3.8, 4) is 0 Å². The zero-order valence-corrected chi connectivity index (χ0v) is 10.5. The first-order valence-corrected chi connectivity index (χ1v) is 7.45. The average Bonchev–Trinajstić information content (AvgIpc) is 2.66. The molecule has 0 aromatic carbocycles. The van der Waals surface area contributed by atoms with Crippen LogP contribution >= 0.6 is 0 Å². The predicted octanol–water partition coefficient (Wildman–Crippen LogP) is 0.375. The average molecular weight is 248 g/mol. The van der Waals surface area contributed by atoms with Gasteiger partial charge in [0.1, 0.15) is 0 Å². The first kappa shape index (κ1) is 13.4. The van der Waals surface area contributed by atoms with Crippen molar-refractivity contribution >= 4 is 15.9 Å². The van der Waals surface area contributed by atoms with Crippen molar-refractivity contribution in [1.29, 1.82) is 0 Å². The van der Waals surface area contributed by atoms with E-state index in [-0.39, 0.29) is 12.3 Å². The first-order valence-electron chi connectivity index (χ1n) is 5.80. The molecule has 0 aliphatic heterocycles. The van der Waals surface area contributed by atoms with Crippen molar-refractivity contribution in [2.45, 2.75) is 45.1 Å². The molecule has 0 saturated heterocycles. The maximum absolute atomic E-state index is 11.3. The second-order valence-corrected chi connectivity index (χ2v) is 6.05. The molecule has 0 aromatic rings. The van der Waals surface area contributed by atoms with Gasteiger partial charge in [0.05, 0.1) is 12.3 Å². The Balaban J connectivity index is 2.24. The van der Waals surface area contributed by atoms with Crippen molar-refractivity contribution in [2.24, 2.45) is 0 Å². The molecule has 0 unspecified atom stereocenters. The summed E-state index contributed by atoms with van der Waals surface area (Å²) >= 11 is 0. The van der Waals surface area contributed by atoms with Gasteiger partial charge in [-0.05, 0) is 19.3 Å². The minimum atomic E-state index is -3.42. The fourth-order valence-electron chi connectivity index (χ4n) is 1.90. The summed E-state index contributed by atoms with van der Waals surface area (Å²) in [5, 5.41) is 3.07. The summed E-state index contributed by atoms with van der Waals surface area (Å²) in [5.41, 5.74) is 0. The number of carbonyl (C=O) groups is 1. The molecule has 0 bridgehead atoms. The van der Waals surface area contributed by atoms with Gasteiger partial charge in [-0.3, -0.25) is 9.52 Å². The van der Waals surface area contributed by atoms with E-state index in [9.17, 15) is 13.2 Å². The molecule has 1 amide bonds. The van der Waals surface area contributed by atoms with E-state index in [1.807, 2.05) is 0 Å². The topological polar surface area (TPSA) is 75.3 Å². The molecular formula is C10H20N2O3S. The molecule has 1 saturated carbocycles. The van der Waals surface area contributed by atoms with Gasteiger partial charge in [-0.15, -0.1) is 0 Å². The van der Waals surface area contributed by atoms with Gasteiger partial charge in [0.25, 0.3) is 0 Å². The quantitative estimate of drug-likeness (QED) is 0.712. The van der Waals surface area contributed by atoms with Gasteiger partial charge in [0.2, 0.25) is 15.9 Å². The minimum absolute atomic E-state index is 0.00215. The van der Waals surface area contributed by atoms with Crippen LogP contribution in [0.5, 0.6) is 0 Å². The Kier molecular flexibility index (Phi) is 5.21. The molecular weight excluding hydrogens is 228 g/mol. The third-order valence-corrected chi connectivity index (χ3v) is 4.13. The summed E-state index contributed by atoms with van der Waals surface area (Å²) < 4.78 is 24.6. The Labute approximate surface area is 97.0 Å². The normalized spacial score (nSPS) is 17.6. The van der Waals surface area contributed by atoms with Crippen LogP contribution in [-0.2, 0) is 14.8 Å². The standard InChI is InChI=1S/C10H20N2O3S/c1-2-7-16(14,15)12-10(13)8-11-9-5-3-4-6-9/h9,11H,2-8H2,1H3,(H,12,13). The Bertz CT molecular complexity index is 321. The highest BCUT2D eigenvalue weighted by Gasteiger charge is 2.17. The van der Waals surface area contributed by atoms with Gasteiger partial charge in [-0.1, -0.05) is 19.8 Å². The van der Waals surface area contributed by atoms with E-state index < -0.39 is 15.9 Å². The third-order valence-electron chi connectivity index (χ3n) is 2.65. The smallest absolute Gasteiger partial charge is 0.247 e. The van der Waals surface area contributed by atoms with Crippen LogP contribution in [0.2, 0.25) is 0 Å². The lowest BCUT2D eigenvalue weighted by atomic mass is 10.2. The monoisotopic (exact) mass is 248 g/mol. The second-order valence-electron chi connectivity index (χ2n) is 4.21. The number of hydrogen-bond acceptors (Lipinski definition) is 4. The molecule has 1 aliphatic rings. The minimum Gasteiger partial charge on any atom is -0.306 e. The highest BCUT2D eigenvalue weighted by molar-refractivity contribution is 7.90. The van der Waals surface area contributed by atoms with Crippen LogP contribution in [0.4, 0.5) is 0 Å². The van der Waals surface area contributed by atoms with Crippen LogP contribution in [-0.4, -0.2) is 32.7 Å². The molecule has 2 N–H and O–H groups in total. The molecule has 0 spiro atoms. The zero-order valence-electron chi connectivity index (χ0n) is 9.66. The van der Waals surface area contributed by atoms with E-state index in [1.54, 1.807) is 6.92 Å². The Morgan fingerprint density at radius 3 is 2.50 bits per heavy atom. The third kappa shape index (κ3) is 4.94. The zero-order chi connectivity index (χ0) is 12.0. The number of amides is 1. The van der Waals surface area contributed by atoms with E-state index in [4.69, 9.17) is 0 Å². The van der Waals surface area contributed by atoms with Crippen molar-refractivity contribution in [2.75, 3.05) is 12.3 Å². The van der Waals surface area contributed by atoms with Crippen molar-refractivity contribution < 1.29 is 13.2 Å². The molecule has 1 rings (SSSR count). The van der Waals surface area contributed by atoms with E-state index in [0.29, 0.717) is 12.5 Å². The van der Waals surface area contributed by atoms with Crippen LogP contribution < -0.4 is 10.0 Å². The van der Waals surface area contributed by atoms with Gasteiger partial charge >= 0.3 is 0 Å². The molecule has 16 heavy (non-hydrogen) atoms. The van der Waals surface area contributed by atoms with Crippen LogP contribution in [0.1, 0.15) is 39.0 Å². The SMILES string of the molecule is CCCS(=O)(=O)NC(=O)CNC1CCCC1. The largest absolute Gasteiger partial charge is 0.306 e. The summed E-state index contributed by atoms with van der Waals surface area (Å²) in [6, 6.07) is 0.375.